The molecule has 2 aromatic rings. The van der Waals surface area contributed by atoms with Gasteiger partial charge in [-0.3, -0.25) is 4.79 Å². The molecule has 0 radical (unpaired) electrons. The van der Waals surface area contributed by atoms with Crippen LogP contribution in [-0.4, -0.2) is 16.9 Å². The van der Waals surface area contributed by atoms with E-state index in [1.54, 1.807) is 6.07 Å². The molecule has 19 heavy (non-hydrogen) atoms. The summed E-state index contributed by atoms with van der Waals surface area (Å²) in [4.78, 5) is 16.5. The van der Waals surface area contributed by atoms with E-state index in [0.717, 1.165) is 23.7 Å². The van der Waals surface area contributed by atoms with Crippen molar-refractivity contribution >= 4 is 28.4 Å². The number of rotatable bonds is 2. The number of aromatic nitrogens is 1. The van der Waals surface area contributed by atoms with Gasteiger partial charge in [-0.25, -0.2) is 4.98 Å². The molecule has 1 aromatic heterocycles. The van der Waals surface area contributed by atoms with Crippen molar-refractivity contribution in [3.05, 3.63) is 41.0 Å². The lowest BCUT2D eigenvalue weighted by Gasteiger charge is -2.33. The van der Waals surface area contributed by atoms with E-state index in [4.69, 9.17) is 11.6 Å². The number of fused-ring (bicyclic) bond motifs is 1. The second kappa shape index (κ2) is 4.82. The van der Waals surface area contributed by atoms with Gasteiger partial charge >= 0.3 is 0 Å². The van der Waals surface area contributed by atoms with Crippen molar-refractivity contribution in [2.24, 2.45) is 5.92 Å². The summed E-state index contributed by atoms with van der Waals surface area (Å²) in [6, 6.07) is 9.49. The molecule has 1 aromatic carbocycles. The monoisotopic (exact) mass is 274 g/mol. The van der Waals surface area contributed by atoms with E-state index in [1.165, 1.54) is 0 Å². The molecule has 4 heteroatoms. The Morgan fingerprint density at radius 2 is 2.11 bits per heavy atom. The minimum absolute atomic E-state index is 0.135. The maximum Gasteiger partial charge on any atom is 0.270 e. The molecule has 1 aliphatic rings. The van der Waals surface area contributed by atoms with E-state index in [2.05, 4.69) is 17.2 Å². The quantitative estimate of drug-likeness (QED) is 0.912. The van der Waals surface area contributed by atoms with Crippen molar-refractivity contribution in [3.8, 4) is 0 Å². The molecule has 3 rings (SSSR count). The van der Waals surface area contributed by atoms with Crippen molar-refractivity contribution in [1.82, 2.24) is 10.3 Å². The maximum atomic E-state index is 12.1. The Bertz CT molecular complexity index is 635. The zero-order chi connectivity index (χ0) is 13.4. The van der Waals surface area contributed by atoms with E-state index in [-0.39, 0.29) is 11.9 Å². The third-order valence-electron chi connectivity index (χ3n) is 3.61. The van der Waals surface area contributed by atoms with E-state index in [1.807, 2.05) is 24.3 Å². The molecule has 1 amide bonds. The average Bonchev–Trinajstić information content (AvgIpc) is 2.37. The lowest BCUT2D eigenvalue weighted by Crippen LogP contribution is -2.43. The minimum atomic E-state index is -0.135. The summed E-state index contributed by atoms with van der Waals surface area (Å²) >= 11 is 6.19. The fraction of sp³-hybridized carbons (Fsp3) is 0.333. The molecule has 0 aliphatic heterocycles. The molecule has 0 atom stereocenters. The number of carbonyl (C=O) groups excluding carboxylic acids is 1. The summed E-state index contributed by atoms with van der Waals surface area (Å²) in [5.74, 6) is 0.572. The first kappa shape index (κ1) is 12.4. The van der Waals surface area contributed by atoms with Crippen molar-refractivity contribution in [1.29, 1.82) is 0 Å². The zero-order valence-electron chi connectivity index (χ0n) is 10.7. The van der Waals surface area contributed by atoms with Crippen LogP contribution in [0, 0.1) is 5.92 Å². The van der Waals surface area contributed by atoms with Crippen LogP contribution in [0.5, 0.6) is 0 Å². The highest BCUT2D eigenvalue weighted by atomic mass is 35.5. The third-order valence-corrected chi connectivity index (χ3v) is 3.92. The fourth-order valence-electron chi connectivity index (χ4n) is 2.53. The molecule has 0 spiro atoms. The number of amides is 1. The summed E-state index contributed by atoms with van der Waals surface area (Å²) in [5, 5.41) is 4.44. The van der Waals surface area contributed by atoms with E-state index >= 15 is 0 Å². The number of carbonyl (C=O) groups is 1. The zero-order valence-corrected chi connectivity index (χ0v) is 11.4. The fourth-order valence-corrected chi connectivity index (χ4v) is 2.79. The minimum Gasteiger partial charge on any atom is -0.348 e. The molecule has 1 heterocycles. The standard InChI is InChI=1S/C15H15ClN2O/c1-9-6-10(7-9)17-15(19)14-8-12(16)11-4-2-3-5-13(11)18-14/h2-5,8-10H,6-7H2,1H3,(H,17,19). The number of benzene rings is 1. The molecule has 1 N–H and O–H groups in total. The molecule has 98 valence electrons. The SMILES string of the molecule is CC1CC(NC(=O)c2cc(Cl)c3ccccc3n2)C1. The van der Waals surface area contributed by atoms with Gasteiger partial charge in [0.05, 0.1) is 10.5 Å². The molecule has 1 aliphatic carbocycles. The number of halogens is 1. The second-order valence-corrected chi connectivity index (χ2v) is 5.66. The Morgan fingerprint density at radius 3 is 2.84 bits per heavy atom. The molecule has 1 fully saturated rings. The number of nitrogens with one attached hydrogen (secondary N) is 1. The lowest BCUT2D eigenvalue weighted by molar-refractivity contribution is 0.0891. The Hall–Kier alpha value is -1.61. The first-order valence-electron chi connectivity index (χ1n) is 6.49. The van der Waals surface area contributed by atoms with Crippen LogP contribution in [0.2, 0.25) is 5.02 Å². The van der Waals surface area contributed by atoms with Gasteiger partial charge in [0.2, 0.25) is 0 Å². The van der Waals surface area contributed by atoms with Crippen LogP contribution in [0.4, 0.5) is 0 Å². The number of hydrogen-bond acceptors (Lipinski definition) is 2. The van der Waals surface area contributed by atoms with Crippen LogP contribution in [-0.2, 0) is 0 Å². The van der Waals surface area contributed by atoms with Gasteiger partial charge in [0.25, 0.3) is 5.91 Å². The normalized spacial score (nSPS) is 22.0. The Morgan fingerprint density at radius 1 is 1.37 bits per heavy atom. The third kappa shape index (κ3) is 2.43. The molecular weight excluding hydrogens is 260 g/mol. The Kier molecular flexibility index (Phi) is 3.15. The van der Waals surface area contributed by atoms with Crippen LogP contribution in [0.3, 0.4) is 0 Å². The summed E-state index contributed by atoms with van der Waals surface area (Å²) in [7, 11) is 0. The van der Waals surface area contributed by atoms with Gasteiger partial charge in [0, 0.05) is 11.4 Å². The topological polar surface area (TPSA) is 42.0 Å². The second-order valence-electron chi connectivity index (χ2n) is 5.25. The number of hydrogen-bond donors (Lipinski definition) is 1. The van der Waals surface area contributed by atoms with Gasteiger partial charge in [-0.05, 0) is 30.9 Å². The molecule has 0 unspecified atom stereocenters. The highest BCUT2D eigenvalue weighted by Gasteiger charge is 2.27. The lowest BCUT2D eigenvalue weighted by atomic mass is 9.82. The predicted molar refractivity (Wildman–Crippen MR) is 76.4 cm³/mol. The molecule has 0 bridgehead atoms. The van der Waals surface area contributed by atoms with E-state index in [9.17, 15) is 4.79 Å². The van der Waals surface area contributed by atoms with Crippen LogP contribution >= 0.6 is 11.6 Å². The van der Waals surface area contributed by atoms with Gasteiger partial charge in [0.15, 0.2) is 0 Å². The van der Waals surface area contributed by atoms with E-state index < -0.39 is 0 Å². The van der Waals surface area contributed by atoms with Crippen molar-refractivity contribution < 1.29 is 4.79 Å². The Labute approximate surface area is 117 Å². The summed E-state index contributed by atoms with van der Waals surface area (Å²) in [6.45, 7) is 2.19. The summed E-state index contributed by atoms with van der Waals surface area (Å²) in [5.41, 5.74) is 1.14. The van der Waals surface area contributed by atoms with Crippen LogP contribution < -0.4 is 5.32 Å². The highest BCUT2D eigenvalue weighted by Crippen LogP contribution is 2.27. The van der Waals surface area contributed by atoms with Gasteiger partial charge in [-0.1, -0.05) is 36.7 Å². The number of pyridine rings is 1. The number of para-hydroxylation sites is 1. The first-order chi connectivity index (χ1) is 9.13. The highest BCUT2D eigenvalue weighted by molar-refractivity contribution is 6.35. The molecule has 1 saturated carbocycles. The van der Waals surface area contributed by atoms with Gasteiger partial charge in [-0.15, -0.1) is 0 Å². The molecular formula is C15H15ClN2O. The summed E-state index contributed by atoms with van der Waals surface area (Å²) < 4.78 is 0. The molecule has 0 saturated heterocycles. The van der Waals surface area contributed by atoms with Gasteiger partial charge in [0.1, 0.15) is 5.69 Å². The number of nitrogens with zero attached hydrogens (tertiary/aromatic N) is 1. The van der Waals surface area contributed by atoms with Crippen molar-refractivity contribution in [2.45, 2.75) is 25.8 Å². The van der Waals surface area contributed by atoms with E-state index in [0.29, 0.717) is 16.6 Å². The van der Waals surface area contributed by atoms with Crippen LogP contribution in [0.15, 0.2) is 30.3 Å². The van der Waals surface area contributed by atoms with Crippen LogP contribution in [0.25, 0.3) is 10.9 Å². The smallest absolute Gasteiger partial charge is 0.270 e. The predicted octanol–water partition coefficient (Wildman–Crippen LogP) is 3.42. The largest absolute Gasteiger partial charge is 0.348 e. The first-order valence-corrected chi connectivity index (χ1v) is 6.87. The summed E-state index contributed by atoms with van der Waals surface area (Å²) in [6.07, 6.45) is 2.10. The van der Waals surface area contributed by atoms with Crippen molar-refractivity contribution in [3.63, 3.8) is 0 Å². The average molecular weight is 275 g/mol. The maximum absolute atomic E-state index is 12.1. The van der Waals surface area contributed by atoms with Crippen molar-refractivity contribution in [2.75, 3.05) is 0 Å². The van der Waals surface area contributed by atoms with Crippen LogP contribution in [0.1, 0.15) is 30.3 Å². The van der Waals surface area contributed by atoms with Gasteiger partial charge < -0.3 is 5.32 Å². The van der Waals surface area contributed by atoms with Gasteiger partial charge in [-0.2, -0.15) is 0 Å². The Balaban J connectivity index is 1.86. The molecule has 3 nitrogen and oxygen atoms in total.